The van der Waals surface area contributed by atoms with Gasteiger partial charge in [0.15, 0.2) is 0 Å². The van der Waals surface area contributed by atoms with Crippen molar-refractivity contribution >= 4 is 17.3 Å². The van der Waals surface area contributed by atoms with Gasteiger partial charge in [0, 0.05) is 22.9 Å². The van der Waals surface area contributed by atoms with Crippen molar-refractivity contribution in [3.63, 3.8) is 0 Å². The van der Waals surface area contributed by atoms with Gasteiger partial charge in [0.2, 0.25) is 5.91 Å². The van der Waals surface area contributed by atoms with E-state index in [1.807, 2.05) is 24.3 Å². The normalized spacial score (nSPS) is 10.1. The van der Waals surface area contributed by atoms with Crippen LogP contribution in [0, 0.1) is 21.4 Å². The molecular weight excluding hydrogens is 382 g/mol. The van der Waals surface area contributed by atoms with Crippen LogP contribution < -0.4 is 10.1 Å². The summed E-state index contributed by atoms with van der Waals surface area (Å²) in [6, 6.07) is 22.8. The minimum absolute atomic E-state index is 0.0795. The van der Waals surface area contributed by atoms with Crippen molar-refractivity contribution in [2.45, 2.75) is 19.4 Å². The molecule has 1 N–H and O–H groups in total. The Balaban J connectivity index is 1.66. The van der Waals surface area contributed by atoms with Gasteiger partial charge in [0.25, 0.3) is 5.69 Å². The number of ether oxygens (including phenoxy) is 1. The van der Waals surface area contributed by atoms with E-state index in [2.05, 4.69) is 11.4 Å². The van der Waals surface area contributed by atoms with Crippen molar-refractivity contribution in [1.82, 2.24) is 0 Å². The number of carbonyl (C=O) groups is 1. The minimum atomic E-state index is -0.494. The Bertz CT molecular complexity index is 1090. The molecule has 0 radical (unpaired) electrons. The fourth-order valence-corrected chi connectivity index (χ4v) is 2.93. The minimum Gasteiger partial charge on any atom is -0.489 e. The van der Waals surface area contributed by atoms with Gasteiger partial charge in [-0.1, -0.05) is 48.5 Å². The number of hydrogen-bond acceptors (Lipinski definition) is 5. The number of para-hydroxylation sites is 2. The quantitative estimate of drug-likeness (QED) is 0.444. The lowest BCUT2D eigenvalue weighted by Crippen LogP contribution is -2.16. The van der Waals surface area contributed by atoms with Gasteiger partial charge < -0.3 is 10.1 Å². The van der Waals surface area contributed by atoms with Crippen LogP contribution in [0.15, 0.2) is 72.8 Å². The van der Waals surface area contributed by atoms with Crippen LogP contribution in [0.25, 0.3) is 0 Å². The Morgan fingerprint density at radius 3 is 2.37 bits per heavy atom. The SMILES string of the molecule is N#CCc1ccc(OCc2ccccc2NC(=O)Cc2ccccc2[N+](=O)[O-])cc1. The Kier molecular flexibility index (Phi) is 6.74. The molecule has 0 aromatic heterocycles. The van der Waals surface area contributed by atoms with Crippen LogP contribution in [-0.4, -0.2) is 10.8 Å². The highest BCUT2D eigenvalue weighted by Gasteiger charge is 2.16. The molecule has 0 bridgehead atoms. The van der Waals surface area contributed by atoms with Gasteiger partial charge in [-0.3, -0.25) is 14.9 Å². The number of nitrogens with zero attached hydrogens (tertiary/aromatic N) is 2. The summed E-state index contributed by atoms with van der Waals surface area (Å²) in [7, 11) is 0. The summed E-state index contributed by atoms with van der Waals surface area (Å²) in [5.41, 5.74) is 2.54. The molecule has 0 unspecified atom stereocenters. The number of rotatable bonds is 8. The summed E-state index contributed by atoms with van der Waals surface area (Å²) in [5.74, 6) is 0.301. The molecule has 0 saturated heterocycles. The summed E-state index contributed by atoms with van der Waals surface area (Å²) in [4.78, 5) is 23.1. The predicted molar refractivity (Wildman–Crippen MR) is 112 cm³/mol. The summed E-state index contributed by atoms with van der Waals surface area (Å²) in [6.45, 7) is 0.236. The van der Waals surface area contributed by atoms with Crippen molar-refractivity contribution in [2.24, 2.45) is 0 Å². The van der Waals surface area contributed by atoms with E-state index in [1.165, 1.54) is 6.07 Å². The van der Waals surface area contributed by atoms with E-state index < -0.39 is 4.92 Å². The van der Waals surface area contributed by atoms with Crippen LogP contribution in [0.3, 0.4) is 0 Å². The highest BCUT2D eigenvalue weighted by molar-refractivity contribution is 5.93. The summed E-state index contributed by atoms with van der Waals surface area (Å²) in [6.07, 6.45) is 0.238. The van der Waals surface area contributed by atoms with E-state index in [0.29, 0.717) is 23.4 Å². The topological polar surface area (TPSA) is 105 Å². The second-order valence-electron chi connectivity index (χ2n) is 6.54. The molecule has 0 heterocycles. The fourth-order valence-electron chi connectivity index (χ4n) is 2.93. The van der Waals surface area contributed by atoms with E-state index in [4.69, 9.17) is 10.00 Å². The summed E-state index contributed by atoms with van der Waals surface area (Å²) >= 11 is 0. The largest absolute Gasteiger partial charge is 0.489 e. The van der Waals surface area contributed by atoms with Gasteiger partial charge in [-0.25, -0.2) is 0 Å². The van der Waals surface area contributed by atoms with E-state index >= 15 is 0 Å². The number of nitriles is 1. The lowest BCUT2D eigenvalue weighted by Gasteiger charge is -2.12. The number of nitro benzene ring substituents is 1. The molecule has 7 nitrogen and oxygen atoms in total. The highest BCUT2D eigenvalue weighted by Crippen LogP contribution is 2.21. The van der Waals surface area contributed by atoms with Crippen molar-refractivity contribution in [1.29, 1.82) is 5.26 Å². The van der Waals surface area contributed by atoms with Crippen molar-refractivity contribution in [3.8, 4) is 11.8 Å². The Labute approximate surface area is 173 Å². The molecule has 0 saturated carbocycles. The first kappa shape index (κ1) is 20.6. The third-order valence-corrected chi connectivity index (χ3v) is 4.43. The van der Waals surface area contributed by atoms with Crippen molar-refractivity contribution < 1.29 is 14.5 Å². The maximum Gasteiger partial charge on any atom is 0.273 e. The average molecular weight is 401 g/mol. The average Bonchev–Trinajstić information content (AvgIpc) is 2.74. The molecule has 0 aliphatic carbocycles. The number of hydrogen-bond donors (Lipinski definition) is 1. The number of benzene rings is 3. The third kappa shape index (κ3) is 5.42. The Morgan fingerprint density at radius 2 is 1.67 bits per heavy atom. The number of amides is 1. The van der Waals surface area contributed by atoms with Gasteiger partial charge in [-0.05, 0) is 23.8 Å². The Morgan fingerprint density at radius 1 is 1.00 bits per heavy atom. The molecule has 0 aliphatic heterocycles. The summed E-state index contributed by atoms with van der Waals surface area (Å²) in [5, 5.41) is 22.7. The van der Waals surface area contributed by atoms with Crippen LogP contribution in [0.5, 0.6) is 5.75 Å². The second-order valence-corrected chi connectivity index (χ2v) is 6.54. The van der Waals surface area contributed by atoms with E-state index in [0.717, 1.165) is 11.1 Å². The lowest BCUT2D eigenvalue weighted by atomic mass is 10.1. The first-order chi connectivity index (χ1) is 14.6. The van der Waals surface area contributed by atoms with Crippen LogP contribution in [0.4, 0.5) is 11.4 Å². The van der Waals surface area contributed by atoms with E-state index in [9.17, 15) is 14.9 Å². The van der Waals surface area contributed by atoms with E-state index in [1.54, 1.807) is 42.5 Å². The molecule has 0 atom stereocenters. The van der Waals surface area contributed by atoms with Gasteiger partial charge in [-0.15, -0.1) is 0 Å². The van der Waals surface area contributed by atoms with Crippen molar-refractivity contribution in [3.05, 3.63) is 99.6 Å². The zero-order valence-electron chi connectivity index (χ0n) is 16.1. The number of carbonyl (C=O) groups excluding carboxylic acids is 1. The van der Waals surface area contributed by atoms with Gasteiger partial charge in [-0.2, -0.15) is 5.26 Å². The van der Waals surface area contributed by atoms with Crippen LogP contribution in [0.1, 0.15) is 16.7 Å². The molecule has 150 valence electrons. The number of nitro groups is 1. The lowest BCUT2D eigenvalue weighted by molar-refractivity contribution is -0.385. The maximum absolute atomic E-state index is 12.5. The maximum atomic E-state index is 12.5. The zero-order chi connectivity index (χ0) is 21.3. The molecule has 0 aliphatic rings. The molecule has 3 aromatic rings. The molecule has 7 heteroatoms. The molecular formula is C23H19N3O4. The third-order valence-electron chi connectivity index (χ3n) is 4.43. The standard InChI is InChI=1S/C23H19N3O4/c24-14-13-17-9-11-20(12-10-17)30-16-19-6-1-3-7-21(19)25-23(27)15-18-5-2-4-8-22(18)26(28)29/h1-12H,13,15-16H2,(H,25,27). The number of nitrogens with one attached hydrogen (secondary N) is 1. The molecule has 1 amide bonds. The van der Waals surface area contributed by atoms with Crippen LogP contribution in [0.2, 0.25) is 0 Å². The smallest absolute Gasteiger partial charge is 0.273 e. The first-order valence-electron chi connectivity index (χ1n) is 9.25. The van der Waals surface area contributed by atoms with Crippen molar-refractivity contribution in [2.75, 3.05) is 5.32 Å². The molecule has 0 spiro atoms. The predicted octanol–water partition coefficient (Wildman–Crippen LogP) is 4.42. The van der Waals surface area contributed by atoms with E-state index in [-0.39, 0.29) is 24.6 Å². The second kappa shape index (κ2) is 9.85. The summed E-state index contributed by atoms with van der Waals surface area (Å²) < 4.78 is 5.79. The van der Waals surface area contributed by atoms with Gasteiger partial charge in [0.05, 0.1) is 23.8 Å². The highest BCUT2D eigenvalue weighted by atomic mass is 16.6. The monoisotopic (exact) mass is 401 g/mol. The zero-order valence-corrected chi connectivity index (χ0v) is 16.1. The van der Waals surface area contributed by atoms with Crippen LogP contribution in [-0.2, 0) is 24.2 Å². The van der Waals surface area contributed by atoms with Gasteiger partial charge in [0.1, 0.15) is 12.4 Å². The fraction of sp³-hybridized carbons (Fsp3) is 0.130. The van der Waals surface area contributed by atoms with Crippen LogP contribution >= 0.6 is 0 Å². The molecule has 3 rings (SSSR count). The Hall–Kier alpha value is -4.18. The molecule has 30 heavy (non-hydrogen) atoms. The first-order valence-corrected chi connectivity index (χ1v) is 9.25. The number of anilines is 1. The molecule has 3 aromatic carbocycles. The van der Waals surface area contributed by atoms with Gasteiger partial charge >= 0.3 is 0 Å². The molecule has 0 fully saturated rings.